The minimum atomic E-state index is -1.16. The Morgan fingerprint density at radius 2 is 2.25 bits per heavy atom. The second kappa shape index (κ2) is 4.59. The van der Waals surface area contributed by atoms with Gasteiger partial charge in [-0.05, 0) is 24.6 Å². The van der Waals surface area contributed by atoms with E-state index in [0.717, 1.165) is 18.2 Å². The predicted octanol–water partition coefficient (Wildman–Crippen LogP) is 2.26. The molecular formula is C13H11F2N3O2. The van der Waals surface area contributed by atoms with Crippen LogP contribution in [0.1, 0.15) is 28.5 Å². The molecule has 0 saturated carbocycles. The van der Waals surface area contributed by atoms with E-state index in [-0.39, 0.29) is 11.3 Å². The molecule has 7 heteroatoms. The molecule has 3 rings (SSSR count). The quantitative estimate of drug-likeness (QED) is 0.885. The van der Waals surface area contributed by atoms with Crippen molar-refractivity contribution in [3.63, 3.8) is 0 Å². The summed E-state index contributed by atoms with van der Waals surface area (Å²) in [5, 5.41) is 11.9. The van der Waals surface area contributed by atoms with Gasteiger partial charge in [-0.2, -0.15) is 0 Å². The average molecular weight is 279 g/mol. The normalized spacial score (nSPS) is 17.4. The van der Waals surface area contributed by atoms with Crippen molar-refractivity contribution in [3.05, 3.63) is 47.3 Å². The minimum Gasteiger partial charge on any atom is -0.476 e. The molecule has 2 N–H and O–H groups in total. The van der Waals surface area contributed by atoms with E-state index in [2.05, 4.69) is 10.3 Å². The van der Waals surface area contributed by atoms with Crippen LogP contribution in [0, 0.1) is 11.6 Å². The third-order valence-electron chi connectivity index (χ3n) is 3.31. The van der Waals surface area contributed by atoms with Crippen molar-refractivity contribution >= 4 is 11.9 Å². The first-order valence-corrected chi connectivity index (χ1v) is 6.07. The first kappa shape index (κ1) is 12.6. The standard InChI is InChI=1S/C13H11F2N3O2/c14-7-1-2-9(15)8(5-7)11-3-4-16-13-17-10(12(19)20)6-18(11)13/h1-2,5-6,11H,3-4H2,(H,16,17)(H,19,20). The highest BCUT2D eigenvalue weighted by molar-refractivity contribution is 5.85. The molecule has 0 fully saturated rings. The number of rotatable bonds is 2. The second-order valence-corrected chi connectivity index (χ2v) is 4.56. The highest BCUT2D eigenvalue weighted by atomic mass is 19.1. The van der Waals surface area contributed by atoms with Gasteiger partial charge in [0.1, 0.15) is 11.6 Å². The Labute approximate surface area is 112 Å². The molecule has 1 aromatic heterocycles. The summed E-state index contributed by atoms with van der Waals surface area (Å²) in [5.74, 6) is -1.86. The summed E-state index contributed by atoms with van der Waals surface area (Å²) in [5.41, 5.74) is 0.0679. The summed E-state index contributed by atoms with van der Waals surface area (Å²) < 4.78 is 28.7. The fourth-order valence-electron chi connectivity index (χ4n) is 2.40. The number of carbonyl (C=O) groups is 1. The lowest BCUT2D eigenvalue weighted by molar-refractivity contribution is 0.0691. The van der Waals surface area contributed by atoms with Crippen molar-refractivity contribution < 1.29 is 18.7 Å². The van der Waals surface area contributed by atoms with Gasteiger partial charge in [0.2, 0.25) is 5.95 Å². The molecule has 0 spiro atoms. The second-order valence-electron chi connectivity index (χ2n) is 4.56. The third-order valence-corrected chi connectivity index (χ3v) is 3.31. The predicted molar refractivity (Wildman–Crippen MR) is 66.8 cm³/mol. The van der Waals surface area contributed by atoms with Gasteiger partial charge in [0.25, 0.3) is 0 Å². The maximum Gasteiger partial charge on any atom is 0.356 e. The first-order valence-electron chi connectivity index (χ1n) is 6.07. The van der Waals surface area contributed by atoms with Gasteiger partial charge in [0.05, 0.1) is 6.04 Å². The van der Waals surface area contributed by atoms with Crippen LogP contribution in [0.2, 0.25) is 0 Å². The molecule has 1 aromatic carbocycles. The van der Waals surface area contributed by atoms with Crippen molar-refractivity contribution in [2.24, 2.45) is 0 Å². The summed E-state index contributed by atoms with van der Waals surface area (Å²) in [6.45, 7) is 0.511. The number of aromatic nitrogens is 2. The van der Waals surface area contributed by atoms with Crippen molar-refractivity contribution in [1.29, 1.82) is 0 Å². The lowest BCUT2D eigenvalue weighted by atomic mass is 10.0. The van der Waals surface area contributed by atoms with E-state index in [1.54, 1.807) is 0 Å². The molecule has 5 nitrogen and oxygen atoms in total. The molecule has 0 radical (unpaired) electrons. The molecule has 1 unspecified atom stereocenters. The number of carboxylic acid groups (broad SMARTS) is 1. The highest BCUT2D eigenvalue weighted by Gasteiger charge is 2.26. The van der Waals surface area contributed by atoms with Crippen LogP contribution in [0.5, 0.6) is 0 Å². The SMILES string of the molecule is O=C(O)c1cn2c(n1)NCCC2c1cc(F)ccc1F. The number of nitrogens with zero attached hydrogens (tertiary/aromatic N) is 2. The molecule has 2 heterocycles. The molecule has 0 aliphatic carbocycles. The van der Waals surface area contributed by atoms with Gasteiger partial charge in [-0.15, -0.1) is 0 Å². The largest absolute Gasteiger partial charge is 0.476 e. The highest BCUT2D eigenvalue weighted by Crippen LogP contribution is 2.31. The number of aromatic carboxylic acids is 1. The van der Waals surface area contributed by atoms with E-state index in [9.17, 15) is 13.6 Å². The Balaban J connectivity index is 2.09. The van der Waals surface area contributed by atoms with Gasteiger partial charge >= 0.3 is 5.97 Å². The third kappa shape index (κ3) is 2.01. The van der Waals surface area contributed by atoms with Crippen molar-refractivity contribution in [3.8, 4) is 0 Å². The van der Waals surface area contributed by atoms with E-state index in [1.807, 2.05) is 0 Å². The number of halogens is 2. The topological polar surface area (TPSA) is 67.1 Å². The van der Waals surface area contributed by atoms with Crippen LogP contribution in [0.25, 0.3) is 0 Å². The number of nitrogens with one attached hydrogen (secondary N) is 1. The van der Waals surface area contributed by atoms with Crippen LogP contribution in [0.4, 0.5) is 14.7 Å². The van der Waals surface area contributed by atoms with Crippen LogP contribution >= 0.6 is 0 Å². The van der Waals surface area contributed by atoms with Gasteiger partial charge in [-0.3, -0.25) is 0 Å². The summed E-state index contributed by atoms with van der Waals surface area (Å²) in [7, 11) is 0. The molecule has 0 saturated heterocycles. The van der Waals surface area contributed by atoms with Gasteiger partial charge < -0.3 is 15.0 Å². The van der Waals surface area contributed by atoms with E-state index in [4.69, 9.17) is 5.11 Å². The smallest absolute Gasteiger partial charge is 0.356 e. The fraction of sp³-hybridized carbons (Fsp3) is 0.231. The number of hydrogen-bond donors (Lipinski definition) is 2. The maximum atomic E-state index is 13.9. The zero-order chi connectivity index (χ0) is 14.3. The van der Waals surface area contributed by atoms with Crippen LogP contribution in [-0.4, -0.2) is 27.2 Å². The fourth-order valence-corrected chi connectivity index (χ4v) is 2.40. The number of carboxylic acids is 1. The molecule has 104 valence electrons. The number of fused-ring (bicyclic) bond motifs is 1. The van der Waals surface area contributed by atoms with Crippen LogP contribution in [0.3, 0.4) is 0 Å². The zero-order valence-corrected chi connectivity index (χ0v) is 10.3. The van der Waals surface area contributed by atoms with Crippen LogP contribution in [0.15, 0.2) is 24.4 Å². The molecule has 1 aliphatic rings. The Morgan fingerprint density at radius 1 is 1.45 bits per heavy atom. The van der Waals surface area contributed by atoms with Gasteiger partial charge in [-0.1, -0.05) is 0 Å². The van der Waals surface area contributed by atoms with Gasteiger partial charge in [0.15, 0.2) is 5.69 Å². The molecule has 20 heavy (non-hydrogen) atoms. The first-order chi connectivity index (χ1) is 9.56. The van der Waals surface area contributed by atoms with E-state index >= 15 is 0 Å². The molecule has 2 aromatic rings. The maximum absolute atomic E-state index is 13.9. The Kier molecular flexibility index (Phi) is 2.89. The van der Waals surface area contributed by atoms with Gasteiger partial charge in [0, 0.05) is 18.3 Å². The zero-order valence-electron chi connectivity index (χ0n) is 10.3. The Morgan fingerprint density at radius 3 is 3.00 bits per heavy atom. The van der Waals surface area contributed by atoms with E-state index in [0.29, 0.717) is 18.9 Å². The minimum absolute atomic E-state index is 0.129. The van der Waals surface area contributed by atoms with E-state index < -0.39 is 23.6 Å². The van der Waals surface area contributed by atoms with Crippen molar-refractivity contribution in [2.75, 3.05) is 11.9 Å². The molecule has 1 atom stereocenters. The monoisotopic (exact) mass is 279 g/mol. The Hall–Kier alpha value is -2.44. The summed E-state index contributed by atoms with van der Waals surface area (Å²) in [6.07, 6.45) is 1.85. The average Bonchev–Trinajstić information content (AvgIpc) is 2.85. The molecule has 1 aliphatic heterocycles. The van der Waals surface area contributed by atoms with Gasteiger partial charge in [-0.25, -0.2) is 18.6 Å². The lowest BCUT2D eigenvalue weighted by Crippen LogP contribution is -2.24. The summed E-state index contributed by atoms with van der Waals surface area (Å²) in [6, 6.07) is 2.79. The van der Waals surface area contributed by atoms with Crippen molar-refractivity contribution in [1.82, 2.24) is 9.55 Å². The summed E-state index contributed by atoms with van der Waals surface area (Å²) >= 11 is 0. The van der Waals surface area contributed by atoms with E-state index in [1.165, 1.54) is 10.8 Å². The number of benzene rings is 1. The molecule has 0 bridgehead atoms. The number of anilines is 1. The lowest BCUT2D eigenvalue weighted by Gasteiger charge is -2.26. The van der Waals surface area contributed by atoms with Crippen LogP contribution in [-0.2, 0) is 0 Å². The van der Waals surface area contributed by atoms with Crippen molar-refractivity contribution in [2.45, 2.75) is 12.5 Å². The molecular weight excluding hydrogens is 268 g/mol. The summed E-state index contributed by atoms with van der Waals surface area (Å²) in [4.78, 5) is 14.9. The number of imidazole rings is 1. The van der Waals surface area contributed by atoms with Crippen LogP contribution < -0.4 is 5.32 Å². The Bertz CT molecular complexity index is 684. The number of hydrogen-bond acceptors (Lipinski definition) is 3. The molecule has 0 amide bonds.